The molecular formula is C14H12FN3O3. The number of nitro benzene ring substituents is 1. The fourth-order valence-corrected chi connectivity index (χ4v) is 1.84. The van der Waals surface area contributed by atoms with Crippen molar-refractivity contribution in [3.8, 4) is 0 Å². The van der Waals surface area contributed by atoms with Crippen LogP contribution in [0.25, 0.3) is 0 Å². The highest BCUT2D eigenvalue weighted by Gasteiger charge is 2.14. The van der Waals surface area contributed by atoms with E-state index in [-0.39, 0.29) is 16.9 Å². The first-order chi connectivity index (χ1) is 9.86. The van der Waals surface area contributed by atoms with Crippen molar-refractivity contribution in [2.75, 3.05) is 11.1 Å². The molecule has 0 radical (unpaired) electrons. The molecule has 2 rings (SSSR count). The second kappa shape index (κ2) is 5.58. The van der Waals surface area contributed by atoms with E-state index in [1.807, 2.05) is 6.92 Å². The molecule has 108 valence electrons. The molecule has 21 heavy (non-hydrogen) atoms. The van der Waals surface area contributed by atoms with E-state index in [1.54, 1.807) is 12.1 Å². The van der Waals surface area contributed by atoms with Gasteiger partial charge in [0, 0.05) is 11.8 Å². The molecule has 3 N–H and O–H groups in total. The minimum absolute atomic E-state index is 0.00771. The molecule has 0 fully saturated rings. The highest BCUT2D eigenvalue weighted by molar-refractivity contribution is 6.07. The Morgan fingerprint density at radius 2 is 2.00 bits per heavy atom. The van der Waals surface area contributed by atoms with Gasteiger partial charge in [0.1, 0.15) is 5.82 Å². The monoisotopic (exact) mass is 289 g/mol. The van der Waals surface area contributed by atoms with Crippen LogP contribution in [0.2, 0.25) is 0 Å². The van der Waals surface area contributed by atoms with Gasteiger partial charge >= 0.3 is 0 Å². The maximum Gasteiger partial charge on any atom is 0.274 e. The largest absolute Gasteiger partial charge is 0.398 e. The van der Waals surface area contributed by atoms with Crippen molar-refractivity contribution in [2.45, 2.75) is 6.92 Å². The summed E-state index contributed by atoms with van der Waals surface area (Å²) < 4.78 is 13.3. The lowest BCUT2D eigenvalue weighted by Crippen LogP contribution is -2.14. The minimum atomic E-state index is -0.809. The number of carbonyl (C=O) groups excluding carboxylic acids is 1. The van der Waals surface area contributed by atoms with Crippen LogP contribution >= 0.6 is 0 Å². The van der Waals surface area contributed by atoms with Gasteiger partial charge in [0.05, 0.1) is 22.2 Å². The molecule has 0 aliphatic rings. The number of halogens is 1. The molecule has 2 aromatic carbocycles. The summed E-state index contributed by atoms with van der Waals surface area (Å²) in [5.41, 5.74) is 6.68. The Labute approximate surface area is 119 Å². The molecule has 0 aliphatic heterocycles. The van der Waals surface area contributed by atoms with E-state index >= 15 is 0 Å². The molecule has 0 bridgehead atoms. The average Bonchev–Trinajstić information content (AvgIpc) is 2.37. The number of nitrogen functional groups attached to an aromatic ring is 1. The molecular weight excluding hydrogens is 277 g/mol. The maximum absolute atomic E-state index is 13.3. The first-order valence-corrected chi connectivity index (χ1v) is 5.99. The summed E-state index contributed by atoms with van der Waals surface area (Å²) in [5.74, 6) is -1.37. The standard InChI is InChI=1S/C14H12FN3O3/c1-8-2-3-12(13(16)4-8)14(19)17-10-5-9(15)6-11(7-10)18(20)21/h2-7H,16H2,1H3,(H,17,19). The molecule has 0 unspecified atom stereocenters. The number of aryl methyl sites for hydroxylation is 1. The van der Waals surface area contributed by atoms with Crippen molar-refractivity contribution in [1.29, 1.82) is 0 Å². The van der Waals surface area contributed by atoms with Crippen molar-refractivity contribution in [2.24, 2.45) is 0 Å². The summed E-state index contributed by atoms with van der Waals surface area (Å²) in [7, 11) is 0. The SMILES string of the molecule is Cc1ccc(C(=O)Nc2cc(F)cc([N+](=O)[O-])c2)c(N)c1. The molecule has 6 nitrogen and oxygen atoms in total. The topological polar surface area (TPSA) is 98.3 Å². The average molecular weight is 289 g/mol. The van der Waals surface area contributed by atoms with Gasteiger partial charge in [-0.3, -0.25) is 14.9 Å². The van der Waals surface area contributed by atoms with Crippen LogP contribution in [0.15, 0.2) is 36.4 Å². The minimum Gasteiger partial charge on any atom is -0.398 e. The summed E-state index contributed by atoms with van der Waals surface area (Å²) in [6.45, 7) is 1.83. The number of rotatable bonds is 3. The van der Waals surface area contributed by atoms with Crippen LogP contribution in [0.5, 0.6) is 0 Å². The fourth-order valence-electron chi connectivity index (χ4n) is 1.84. The zero-order valence-electron chi connectivity index (χ0n) is 11.1. The molecule has 0 saturated carbocycles. The molecule has 0 spiro atoms. The Morgan fingerprint density at radius 3 is 2.62 bits per heavy atom. The van der Waals surface area contributed by atoms with Gasteiger partial charge in [-0.25, -0.2) is 4.39 Å². The summed E-state index contributed by atoms with van der Waals surface area (Å²) in [6.07, 6.45) is 0. The van der Waals surface area contributed by atoms with Gasteiger partial charge in [-0.1, -0.05) is 6.07 Å². The molecule has 0 aromatic heterocycles. The van der Waals surface area contributed by atoms with Gasteiger partial charge in [-0.05, 0) is 30.7 Å². The van der Waals surface area contributed by atoms with E-state index in [0.717, 1.165) is 23.8 Å². The Balaban J connectivity index is 2.29. The van der Waals surface area contributed by atoms with Crippen molar-refractivity contribution in [1.82, 2.24) is 0 Å². The predicted molar refractivity (Wildman–Crippen MR) is 76.6 cm³/mol. The van der Waals surface area contributed by atoms with Gasteiger partial charge in [0.25, 0.3) is 11.6 Å². The third-order valence-corrected chi connectivity index (χ3v) is 2.80. The van der Waals surface area contributed by atoms with Crippen LogP contribution < -0.4 is 11.1 Å². The van der Waals surface area contributed by atoms with Gasteiger partial charge in [-0.15, -0.1) is 0 Å². The third kappa shape index (κ3) is 3.33. The van der Waals surface area contributed by atoms with Gasteiger partial charge in [0.15, 0.2) is 0 Å². The summed E-state index contributed by atoms with van der Waals surface area (Å²) in [4.78, 5) is 22.0. The molecule has 7 heteroatoms. The van der Waals surface area contributed by atoms with E-state index < -0.39 is 22.3 Å². The zero-order chi connectivity index (χ0) is 15.6. The van der Waals surface area contributed by atoms with Gasteiger partial charge in [-0.2, -0.15) is 0 Å². The lowest BCUT2D eigenvalue weighted by molar-refractivity contribution is -0.385. The highest BCUT2D eigenvalue weighted by Crippen LogP contribution is 2.22. The van der Waals surface area contributed by atoms with Crippen molar-refractivity contribution in [3.63, 3.8) is 0 Å². The number of hydrogen-bond donors (Lipinski definition) is 2. The van der Waals surface area contributed by atoms with E-state index in [0.29, 0.717) is 0 Å². The van der Waals surface area contributed by atoms with Crippen molar-refractivity contribution in [3.05, 3.63) is 63.5 Å². The van der Waals surface area contributed by atoms with E-state index in [4.69, 9.17) is 5.73 Å². The van der Waals surface area contributed by atoms with E-state index in [9.17, 15) is 19.3 Å². The third-order valence-electron chi connectivity index (χ3n) is 2.80. The number of nitrogens with one attached hydrogen (secondary N) is 1. The zero-order valence-corrected chi connectivity index (χ0v) is 11.1. The number of nitro groups is 1. The lowest BCUT2D eigenvalue weighted by atomic mass is 10.1. The highest BCUT2D eigenvalue weighted by atomic mass is 19.1. The number of anilines is 2. The van der Waals surface area contributed by atoms with Crippen LogP contribution in [0.3, 0.4) is 0 Å². The lowest BCUT2D eigenvalue weighted by Gasteiger charge is -2.08. The second-order valence-corrected chi connectivity index (χ2v) is 4.50. The molecule has 2 aromatic rings. The van der Waals surface area contributed by atoms with Crippen LogP contribution in [-0.4, -0.2) is 10.8 Å². The summed E-state index contributed by atoms with van der Waals surface area (Å²) in [6, 6.07) is 7.71. The smallest absolute Gasteiger partial charge is 0.274 e. The number of amides is 1. The van der Waals surface area contributed by atoms with E-state index in [1.165, 1.54) is 6.07 Å². The first-order valence-electron chi connectivity index (χ1n) is 5.99. The normalized spacial score (nSPS) is 10.2. The number of nitrogens with two attached hydrogens (primary N) is 1. The quantitative estimate of drug-likeness (QED) is 0.515. The fraction of sp³-hybridized carbons (Fsp3) is 0.0714. The first kappa shape index (κ1) is 14.4. The Kier molecular flexibility index (Phi) is 3.84. The van der Waals surface area contributed by atoms with E-state index in [2.05, 4.69) is 5.32 Å². The molecule has 0 heterocycles. The van der Waals surface area contributed by atoms with Crippen LogP contribution in [0.4, 0.5) is 21.5 Å². The van der Waals surface area contributed by atoms with Crippen LogP contribution in [0.1, 0.15) is 15.9 Å². The Bertz CT molecular complexity index is 731. The van der Waals surface area contributed by atoms with Crippen LogP contribution in [0, 0.1) is 22.9 Å². The molecule has 0 atom stereocenters. The van der Waals surface area contributed by atoms with Gasteiger partial charge < -0.3 is 11.1 Å². The molecule has 0 saturated heterocycles. The van der Waals surface area contributed by atoms with Gasteiger partial charge in [0.2, 0.25) is 0 Å². The summed E-state index contributed by atoms with van der Waals surface area (Å²) >= 11 is 0. The Hall–Kier alpha value is -2.96. The molecule has 1 amide bonds. The maximum atomic E-state index is 13.3. The van der Waals surface area contributed by atoms with Crippen molar-refractivity contribution < 1.29 is 14.1 Å². The number of nitrogens with zero attached hydrogens (tertiary/aromatic N) is 1. The van der Waals surface area contributed by atoms with Crippen LogP contribution in [-0.2, 0) is 0 Å². The number of benzene rings is 2. The Morgan fingerprint density at radius 1 is 1.29 bits per heavy atom. The number of carbonyl (C=O) groups is 1. The number of non-ortho nitro benzene ring substituents is 1. The summed E-state index contributed by atoms with van der Waals surface area (Å²) in [5, 5.41) is 13.1. The second-order valence-electron chi connectivity index (χ2n) is 4.50. The molecule has 0 aliphatic carbocycles. The van der Waals surface area contributed by atoms with Crippen molar-refractivity contribution >= 4 is 23.0 Å². The number of hydrogen-bond acceptors (Lipinski definition) is 4. The predicted octanol–water partition coefficient (Wildman–Crippen LogP) is 2.88.